The lowest BCUT2D eigenvalue weighted by Crippen LogP contribution is -2.16. The highest BCUT2D eigenvalue weighted by atomic mass is 35.5. The number of anilines is 1. The van der Waals surface area contributed by atoms with E-state index in [1.165, 1.54) is 18.2 Å². The van der Waals surface area contributed by atoms with Crippen molar-refractivity contribution in [2.45, 2.75) is 6.04 Å². The van der Waals surface area contributed by atoms with Crippen molar-refractivity contribution in [3.63, 3.8) is 0 Å². The van der Waals surface area contributed by atoms with E-state index in [4.69, 9.17) is 16.3 Å². The molecule has 0 aromatic heterocycles. The Morgan fingerprint density at radius 1 is 1.30 bits per heavy atom. The monoisotopic (exact) mass is 295 g/mol. The van der Waals surface area contributed by atoms with Gasteiger partial charge in [-0.1, -0.05) is 17.7 Å². The first-order chi connectivity index (χ1) is 9.63. The van der Waals surface area contributed by atoms with Gasteiger partial charge in [0.05, 0.1) is 19.8 Å². The third-order valence-electron chi connectivity index (χ3n) is 2.93. The fourth-order valence-corrected chi connectivity index (χ4v) is 2.10. The Kier molecular flexibility index (Phi) is 4.82. The average Bonchev–Trinajstić information content (AvgIpc) is 2.47. The number of methoxy groups -OCH3 is 1. The highest BCUT2D eigenvalue weighted by Crippen LogP contribution is 2.26. The fourth-order valence-electron chi connectivity index (χ4n) is 1.92. The van der Waals surface area contributed by atoms with Crippen molar-refractivity contribution in [2.24, 2.45) is 0 Å². The van der Waals surface area contributed by atoms with Crippen LogP contribution in [0.15, 0.2) is 42.5 Å². The molecule has 0 saturated heterocycles. The first-order valence-corrected chi connectivity index (χ1v) is 6.48. The summed E-state index contributed by atoms with van der Waals surface area (Å²) >= 11 is 5.87. The van der Waals surface area contributed by atoms with Crippen molar-refractivity contribution in [2.75, 3.05) is 19.0 Å². The normalized spacial score (nSPS) is 12.0. The summed E-state index contributed by atoms with van der Waals surface area (Å²) in [7, 11) is 1.57. The molecule has 0 aliphatic heterocycles. The summed E-state index contributed by atoms with van der Waals surface area (Å²) in [5.41, 5.74) is 1.05. The van der Waals surface area contributed by atoms with Gasteiger partial charge in [-0.05, 0) is 30.3 Å². The Labute approximate surface area is 122 Å². The van der Waals surface area contributed by atoms with Gasteiger partial charge in [0, 0.05) is 22.3 Å². The van der Waals surface area contributed by atoms with Gasteiger partial charge in [-0.2, -0.15) is 0 Å². The van der Waals surface area contributed by atoms with Gasteiger partial charge in [0.15, 0.2) is 0 Å². The molecule has 0 saturated carbocycles. The Hall–Kier alpha value is -1.78. The van der Waals surface area contributed by atoms with E-state index in [2.05, 4.69) is 5.32 Å². The van der Waals surface area contributed by atoms with Gasteiger partial charge >= 0.3 is 0 Å². The summed E-state index contributed by atoms with van der Waals surface area (Å²) in [5, 5.41) is 13.0. The first kappa shape index (κ1) is 14.6. The van der Waals surface area contributed by atoms with E-state index in [0.29, 0.717) is 16.3 Å². The zero-order valence-corrected chi connectivity index (χ0v) is 11.7. The predicted octanol–water partition coefficient (Wildman–Crippen LogP) is 3.63. The number of hydrogen-bond donors (Lipinski definition) is 2. The number of halogens is 2. The van der Waals surface area contributed by atoms with Crippen LogP contribution in [0, 0.1) is 5.82 Å². The number of hydrogen-bond acceptors (Lipinski definition) is 3. The molecule has 0 radical (unpaired) electrons. The van der Waals surface area contributed by atoms with Gasteiger partial charge in [-0.15, -0.1) is 0 Å². The van der Waals surface area contributed by atoms with Gasteiger partial charge in [-0.25, -0.2) is 4.39 Å². The quantitative estimate of drug-likeness (QED) is 0.885. The van der Waals surface area contributed by atoms with Crippen molar-refractivity contribution in [3.05, 3.63) is 58.9 Å². The highest BCUT2D eigenvalue weighted by molar-refractivity contribution is 6.30. The summed E-state index contributed by atoms with van der Waals surface area (Å²) < 4.78 is 18.9. The van der Waals surface area contributed by atoms with Crippen LogP contribution in [-0.4, -0.2) is 18.8 Å². The molecule has 0 bridgehead atoms. The lowest BCUT2D eigenvalue weighted by atomic mass is 10.1. The van der Waals surface area contributed by atoms with Crippen molar-refractivity contribution < 1.29 is 14.2 Å². The molecule has 0 aliphatic rings. The van der Waals surface area contributed by atoms with E-state index in [-0.39, 0.29) is 6.61 Å². The molecule has 5 heteroatoms. The SMILES string of the molecule is COc1cccc(NC(CO)c2cc(Cl)ccc2F)c1. The molecule has 0 spiro atoms. The number of ether oxygens (including phenoxy) is 1. The van der Waals surface area contributed by atoms with E-state index in [1.54, 1.807) is 19.2 Å². The van der Waals surface area contributed by atoms with E-state index >= 15 is 0 Å². The minimum Gasteiger partial charge on any atom is -0.497 e. The molecule has 0 heterocycles. The van der Waals surface area contributed by atoms with Crippen molar-refractivity contribution in [1.82, 2.24) is 0 Å². The van der Waals surface area contributed by atoms with Gasteiger partial charge in [-0.3, -0.25) is 0 Å². The second-order valence-corrected chi connectivity index (χ2v) is 4.71. The second-order valence-electron chi connectivity index (χ2n) is 4.28. The Morgan fingerprint density at radius 3 is 2.80 bits per heavy atom. The van der Waals surface area contributed by atoms with Crippen LogP contribution < -0.4 is 10.1 Å². The molecular formula is C15H15ClFNO2. The van der Waals surface area contributed by atoms with E-state index in [9.17, 15) is 9.50 Å². The zero-order valence-electron chi connectivity index (χ0n) is 10.9. The summed E-state index contributed by atoms with van der Waals surface area (Å²) in [6.45, 7) is -0.255. The number of rotatable bonds is 5. The fraction of sp³-hybridized carbons (Fsp3) is 0.200. The largest absolute Gasteiger partial charge is 0.497 e. The zero-order chi connectivity index (χ0) is 14.5. The maximum atomic E-state index is 13.8. The lowest BCUT2D eigenvalue weighted by molar-refractivity contribution is 0.274. The average molecular weight is 296 g/mol. The molecule has 2 rings (SSSR count). The summed E-state index contributed by atoms with van der Waals surface area (Å²) in [6.07, 6.45) is 0. The molecule has 106 valence electrons. The van der Waals surface area contributed by atoms with Crippen LogP contribution in [0.3, 0.4) is 0 Å². The van der Waals surface area contributed by atoms with Crippen LogP contribution in [0.4, 0.5) is 10.1 Å². The van der Waals surface area contributed by atoms with E-state index < -0.39 is 11.9 Å². The minimum atomic E-state index is -0.583. The van der Waals surface area contributed by atoms with Crippen LogP contribution >= 0.6 is 11.6 Å². The molecule has 0 fully saturated rings. The van der Waals surface area contributed by atoms with Crippen molar-refractivity contribution in [1.29, 1.82) is 0 Å². The molecule has 0 aliphatic carbocycles. The summed E-state index contributed by atoms with van der Waals surface area (Å²) in [4.78, 5) is 0. The Balaban J connectivity index is 2.26. The van der Waals surface area contributed by atoms with Gasteiger partial charge in [0.2, 0.25) is 0 Å². The molecule has 2 aromatic rings. The molecule has 1 atom stereocenters. The van der Waals surface area contributed by atoms with Gasteiger partial charge in [0.25, 0.3) is 0 Å². The predicted molar refractivity (Wildman–Crippen MR) is 77.9 cm³/mol. The number of aliphatic hydroxyl groups is 1. The molecule has 1 unspecified atom stereocenters. The summed E-state index contributed by atoms with van der Waals surface area (Å²) in [5.74, 6) is 0.266. The first-order valence-electron chi connectivity index (χ1n) is 6.10. The minimum absolute atomic E-state index is 0.255. The molecule has 3 nitrogen and oxygen atoms in total. The van der Waals surface area contributed by atoms with Gasteiger partial charge in [0.1, 0.15) is 11.6 Å². The molecule has 0 amide bonds. The van der Waals surface area contributed by atoms with Crippen LogP contribution in [0.2, 0.25) is 5.02 Å². The highest BCUT2D eigenvalue weighted by Gasteiger charge is 2.15. The Morgan fingerprint density at radius 2 is 2.10 bits per heavy atom. The molecule has 2 N–H and O–H groups in total. The van der Waals surface area contributed by atoms with Crippen LogP contribution in [-0.2, 0) is 0 Å². The standard InChI is InChI=1S/C15H15ClFNO2/c1-20-12-4-2-3-11(8-12)18-15(9-19)13-7-10(16)5-6-14(13)17/h2-8,15,18-19H,9H2,1H3. The van der Waals surface area contributed by atoms with Crippen LogP contribution in [0.1, 0.15) is 11.6 Å². The molecule has 20 heavy (non-hydrogen) atoms. The third-order valence-corrected chi connectivity index (χ3v) is 3.16. The topological polar surface area (TPSA) is 41.5 Å². The number of benzene rings is 2. The molecule has 2 aromatic carbocycles. The number of aliphatic hydroxyl groups excluding tert-OH is 1. The maximum absolute atomic E-state index is 13.8. The van der Waals surface area contributed by atoms with Crippen LogP contribution in [0.5, 0.6) is 5.75 Å². The molecular weight excluding hydrogens is 281 g/mol. The van der Waals surface area contributed by atoms with Crippen LogP contribution in [0.25, 0.3) is 0 Å². The Bertz CT molecular complexity index is 592. The smallest absolute Gasteiger partial charge is 0.128 e. The van der Waals surface area contributed by atoms with Crippen molar-refractivity contribution in [3.8, 4) is 5.75 Å². The lowest BCUT2D eigenvalue weighted by Gasteiger charge is -2.19. The third kappa shape index (κ3) is 3.40. The summed E-state index contributed by atoms with van der Waals surface area (Å²) in [6, 6.07) is 10.9. The number of nitrogens with one attached hydrogen (secondary N) is 1. The second kappa shape index (κ2) is 6.59. The van der Waals surface area contributed by atoms with Crippen molar-refractivity contribution >= 4 is 17.3 Å². The van der Waals surface area contributed by atoms with E-state index in [0.717, 1.165) is 5.69 Å². The van der Waals surface area contributed by atoms with Gasteiger partial charge < -0.3 is 15.2 Å². The maximum Gasteiger partial charge on any atom is 0.128 e. The van der Waals surface area contributed by atoms with E-state index in [1.807, 2.05) is 12.1 Å².